The molecule has 0 saturated carbocycles. The predicted molar refractivity (Wildman–Crippen MR) is 45.7 cm³/mol. The molecule has 1 atom stereocenters. The summed E-state index contributed by atoms with van der Waals surface area (Å²) in [6.45, 7) is 4.24. The van der Waals surface area contributed by atoms with Crippen molar-refractivity contribution in [1.29, 1.82) is 0 Å². The molecule has 0 aromatic carbocycles. The third-order valence-electron chi connectivity index (χ3n) is 2.69. The first-order chi connectivity index (χ1) is 6.83. The molecule has 0 fully saturated rings. The molecule has 0 amide bonds. The predicted octanol–water partition coefficient (Wildman–Crippen LogP) is 3.52. The Morgan fingerprint density at radius 1 is 0.875 bits per heavy atom. The molecule has 16 heavy (non-hydrogen) atoms. The summed E-state index contributed by atoms with van der Waals surface area (Å²) in [6.07, 6.45) is -12.8. The van der Waals surface area contributed by atoms with Crippen LogP contribution in [0.3, 0.4) is 0 Å². The molecular formula is C9H14F6O. The van der Waals surface area contributed by atoms with E-state index in [2.05, 4.69) is 0 Å². The van der Waals surface area contributed by atoms with Gasteiger partial charge in [0.15, 0.2) is 0 Å². The Morgan fingerprint density at radius 3 is 1.38 bits per heavy atom. The smallest absolute Gasteiger partial charge is 0.374 e. The third kappa shape index (κ3) is 3.02. The number of hydrogen-bond donors (Lipinski definition) is 1. The fraction of sp³-hybridized carbons (Fsp3) is 1.00. The quantitative estimate of drug-likeness (QED) is 0.762. The number of alkyl halides is 6. The average molecular weight is 252 g/mol. The van der Waals surface area contributed by atoms with Crippen LogP contribution in [-0.2, 0) is 0 Å². The Hall–Kier alpha value is -0.460. The topological polar surface area (TPSA) is 20.2 Å². The molecule has 0 spiro atoms. The second kappa shape index (κ2) is 4.43. The molecule has 0 bridgehead atoms. The average Bonchev–Trinajstić information content (AvgIpc) is 1.99. The van der Waals surface area contributed by atoms with Gasteiger partial charge in [0.25, 0.3) is 5.60 Å². The summed E-state index contributed by atoms with van der Waals surface area (Å²) in [6, 6.07) is 0. The zero-order chi connectivity index (χ0) is 13.4. The summed E-state index contributed by atoms with van der Waals surface area (Å²) in [5.41, 5.74) is -4.62. The van der Waals surface area contributed by atoms with E-state index < -0.39 is 30.3 Å². The minimum atomic E-state index is -5.71. The Kier molecular flexibility index (Phi) is 4.30. The van der Waals surface area contributed by atoms with E-state index in [1.807, 2.05) is 0 Å². The molecule has 7 heteroatoms. The first-order valence-electron chi connectivity index (χ1n) is 4.68. The number of hydrogen-bond acceptors (Lipinski definition) is 1. The van der Waals surface area contributed by atoms with Gasteiger partial charge in [-0.25, -0.2) is 0 Å². The Labute approximate surface area is 89.4 Å². The molecular weight excluding hydrogens is 238 g/mol. The van der Waals surface area contributed by atoms with Crippen LogP contribution in [0, 0.1) is 11.8 Å². The molecule has 1 N–H and O–H groups in total. The van der Waals surface area contributed by atoms with E-state index in [9.17, 15) is 26.3 Å². The van der Waals surface area contributed by atoms with Gasteiger partial charge in [-0.05, 0) is 18.3 Å². The monoisotopic (exact) mass is 252 g/mol. The molecule has 0 aliphatic heterocycles. The third-order valence-corrected chi connectivity index (χ3v) is 2.69. The van der Waals surface area contributed by atoms with Crippen molar-refractivity contribution in [3.8, 4) is 0 Å². The number of halogens is 6. The Bertz CT molecular complexity index is 215. The van der Waals surface area contributed by atoms with Gasteiger partial charge in [0.1, 0.15) is 0 Å². The summed E-state index contributed by atoms with van der Waals surface area (Å²) in [5, 5.41) is 8.85. The van der Waals surface area contributed by atoms with Crippen LogP contribution in [0.5, 0.6) is 0 Å². The van der Waals surface area contributed by atoms with Crippen molar-refractivity contribution in [2.75, 3.05) is 0 Å². The summed E-state index contributed by atoms with van der Waals surface area (Å²) in [5.74, 6) is -1.27. The highest BCUT2D eigenvalue weighted by atomic mass is 19.4. The molecule has 0 saturated heterocycles. The summed E-state index contributed by atoms with van der Waals surface area (Å²) >= 11 is 0. The zero-order valence-corrected chi connectivity index (χ0v) is 9.08. The highest BCUT2D eigenvalue weighted by Crippen LogP contribution is 2.47. The molecule has 0 rings (SSSR count). The van der Waals surface area contributed by atoms with Crippen molar-refractivity contribution in [3.63, 3.8) is 0 Å². The van der Waals surface area contributed by atoms with Crippen LogP contribution in [0.15, 0.2) is 0 Å². The van der Waals surface area contributed by atoms with Crippen molar-refractivity contribution < 1.29 is 31.4 Å². The number of rotatable bonds is 3. The van der Waals surface area contributed by atoms with Gasteiger partial charge in [-0.1, -0.05) is 20.8 Å². The van der Waals surface area contributed by atoms with E-state index in [4.69, 9.17) is 5.11 Å². The fourth-order valence-corrected chi connectivity index (χ4v) is 1.09. The van der Waals surface area contributed by atoms with Crippen LogP contribution in [0.4, 0.5) is 26.3 Å². The highest BCUT2D eigenvalue weighted by Gasteiger charge is 2.70. The van der Waals surface area contributed by atoms with Crippen molar-refractivity contribution in [2.24, 2.45) is 11.8 Å². The van der Waals surface area contributed by atoms with E-state index in [1.165, 1.54) is 20.8 Å². The molecule has 0 aromatic rings. The summed E-state index contributed by atoms with van der Waals surface area (Å²) in [4.78, 5) is 0. The summed E-state index contributed by atoms with van der Waals surface area (Å²) in [7, 11) is 0. The molecule has 0 aliphatic rings. The van der Waals surface area contributed by atoms with E-state index in [-0.39, 0.29) is 5.92 Å². The lowest BCUT2D eigenvalue weighted by atomic mass is 9.84. The van der Waals surface area contributed by atoms with Crippen molar-refractivity contribution in [1.82, 2.24) is 0 Å². The largest absolute Gasteiger partial charge is 0.426 e. The number of aliphatic hydroxyl groups is 1. The standard InChI is InChI=1S/C9H14F6O/c1-5(2)6(3)4-7(16,8(10,11)12)9(13,14)15/h5-6,16H,4H2,1-3H3. The van der Waals surface area contributed by atoms with Crippen LogP contribution in [0.2, 0.25) is 0 Å². The minimum absolute atomic E-state index is 0.378. The zero-order valence-electron chi connectivity index (χ0n) is 9.08. The molecule has 0 aliphatic carbocycles. The molecule has 0 aromatic heterocycles. The van der Waals surface area contributed by atoms with Gasteiger partial charge >= 0.3 is 12.4 Å². The van der Waals surface area contributed by atoms with E-state index in [0.29, 0.717) is 0 Å². The molecule has 1 nitrogen and oxygen atoms in total. The first-order valence-corrected chi connectivity index (χ1v) is 4.68. The van der Waals surface area contributed by atoms with Crippen LogP contribution in [0.25, 0.3) is 0 Å². The second-order valence-electron chi connectivity index (χ2n) is 4.28. The SMILES string of the molecule is CC(C)C(C)CC(O)(C(F)(F)F)C(F)(F)F. The summed E-state index contributed by atoms with van der Waals surface area (Å²) < 4.78 is 73.5. The maximum absolute atomic E-state index is 12.3. The van der Waals surface area contributed by atoms with Crippen LogP contribution >= 0.6 is 0 Å². The van der Waals surface area contributed by atoms with Crippen molar-refractivity contribution in [3.05, 3.63) is 0 Å². The van der Waals surface area contributed by atoms with Gasteiger partial charge in [-0.15, -0.1) is 0 Å². The molecule has 0 radical (unpaired) electrons. The minimum Gasteiger partial charge on any atom is -0.374 e. The lowest BCUT2D eigenvalue weighted by Crippen LogP contribution is -2.57. The van der Waals surface area contributed by atoms with Crippen molar-refractivity contribution in [2.45, 2.75) is 45.1 Å². The van der Waals surface area contributed by atoms with Crippen LogP contribution in [0.1, 0.15) is 27.2 Å². The van der Waals surface area contributed by atoms with Gasteiger partial charge in [0.05, 0.1) is 0 Å². The molecule has 1 unspecified atom stereocenters. The van der Waals surface area contributed by atoms with E-state index in [0.717, 1.165) is 0 Å². The maximum atomic E-state index is 12.3. The van der Waals surface area contributed by atoms with Gasteiger partial charge in [-0.2, -0.15) is 26.3 Å². The van der Waals surface area contributed by atoms with Gasteiger partial charge in [0, 0.05) is 0 Å². The second-order valence-corrected chi connectivity index (χ2v) is 4.28. The lowest BCUT2D eigenvalue weighted by Gasteiger charge is -2.35. The Balaban J connectivity index is 5.14. The highest BCUT2D eigenvalue weighted by molar-refractivity contribution is 4.95. The maximum Gasteiger partial charge on any atom is 0.426 e. The van der Waals surface area contributed by atoms with E-state index >= 15 is 0 Å². The Morgan fingerprint density at radius 2 is 1.19 bits per heavy atom. The lowest BCUT2D eigenvalue weighted by molar-refractivity contribution is -0.373. The van der Waals surface area contributed by atoms with E-state index in [1.54, 1.807) is 0 Å². The molecule has 98 valence electrons. The molecule has 0 heterocycles. The van der Waals surface area contributed by atoms with Crippen LogP contribution < -0.4 is 0 Å². The van der Waals surface area contributed by atoms with Gasteiger partial charge < -0.3 is 5.11 Å². The normalized spacial score (nSPS) is 16.7. The van der Waals surface area contributed by atoms with Gasteiger partial charge in [0.2, 0.25) is 0 Å². The first kappa shape index (κ1) is 15.5. The van der Waals surface area contributed by atoms with Crippen molar-refractivity contribution >= 4 is 0 Å². The van der Waals surface area contributed by atoms with Gasteiger partial charge in [-0.3, -0.25) is 0 Å². The fourth-order valence-electron chi connectivity index (χ4n) is 1.09. The van der Waals surface area contributed by atoms with Crippen LogP contribution in [-0.4, -0.2) is 23.1 Å².